The van der Waals surface area contributed by atoms with E-state index in [0.29, 0.717) is 11.4 Å². The fraction of sp³-hybridized carbons (Fsp3) is 0. The molecule has 1 rings (SSSR count). The molecule has 0 radical (unpaired) electrons. The van der Waals surface area contributed by atoms with Crippen LogP contribution in [-0.2, 0) is 0 Å². The minimum Gasteiger partial charge on any atom is -0.478 e. The molecule has 0 unspecified atom stereocenters. The fourth-order valence-corrected chi connectivity index (χ4v) is 0.887. The maximum Gasteiger partial charge on any atom is 0.337 e. The Morgan fingerprint density at radius 3 is 2.64 bits per heavy atom. The van der Waals surface area contributed by atoms with Crippen LogP contribution in [0, 0.1) is 0 Å². The van der Waals surface area contributed by atoms with Crippen molar-refractivity contribution >= 4 is 11.7 Å². The molecule has 14 heavy (non-hydrogen) atoms. The minimum absolute atomic E-state index is 0.113. The van der Waals surface area contributed by atoms with Crippen LogP contribution in [0.4, 0.5) is 0 Å². The van der Waals surface area contributed by atoms with Gasteiger partial charge < -0.3 is 16.3 Å². The van der Waals surface area contributed by atoms with Crippen molar-refractivity contribution in [2.24, 2.45) is 11.6 Å². The van der Waals surface area contributed by atoms with E-state index in [1.165, 1.54) is 24.5 Å². The first-order valence-electron chi connectivity index (χ1n) is 3.77. The Morgan fingerprint density at radius 2 is 2.29 bits per heavy atom. The summed E-state index contributed by atoms with van der Waals surface area (Å²) in [5, 5.41) is 8.61. The Bertz CT molecular complexity index is 358. The van der Waals surface area contributed by atoms with Crippen LogP contribution >= 0.6 is 0 Å². The van der Waals surface area contributed by atoms with Crippen molar-refractivity contribution in [2.45, 2.75) is 0 Å². The molecule has 0 amide bonds. The predicted octanol–water partition coefficient (Wildman–Crippen LogP) is -0.500. The number of aromatic carboxylic acids is 1. The molecular formula is C8H10N4O2. The van der Waals surface area contributed by atoms with E-state index in [4.69, 9.17) is 16.7 Å². The Kier molecular flexibility index (Phi) is 3.03. The van der Waals surface area contributed by atoms with Gasteiger partial charge in [0.05, 0.1) is 17.0 Å². The Balaban J connectivity index is 2.99. The first-order valence-corrected chi connectivity index (χ1v) is 3.77. The normalized spacial score (nSPS) is 11.1. The van der Waals surface area contributed by atoms with Crippen LogP contribution in [0.3, 0.4) is 0 Å². The number of hydrazine groups is 1. The number of hydrogen-bond acceptors (Lipinski definition) is 5. The second-order valence-corrected chi connectivity index (χ2v) is 2.46. The number of rotatable bonds is 3. The van der Waals surface area contributed by atoms with E-state index in [0.717, 1.165) is 0 Å². The van der Waals surface area contributed by atoms with Gasteiger partial charge in [-0.2, -0.15) is 0 Å². The lowest BCUT2D eigenvalue weighted by molar-refractivity contribution is 0.0696. The van der Waals surface area contributed by atoms with Crippen LogP contribution in [0.1, 0.15) is 16.1 Å². The van der Waals surface area contributed by atoms with Crippen molar-refractivity contribution in [1.82, 2.24) is 10.4 Å². The Hall–Kier alpha value is -2.08. The maximum atomic E-state index is 10.5. The molecule has 1 aromatic heterocycles. The summed E-state index contributed by atoms with van der Waals surface area (Å²) in [6, 6.07) is 2.94. The van der Waals surface area contributed by atoms with Crippen LogP contribution in [0.15, 0.2) is 24.5 Å². The van der Waals surface area contributed by atoms with Gasteiger partial charge in [0.15, 0.2) is 0 Å². The zero-order chi connectivity index (χ0) is 10.6. The maximum absolute atomic E-state index is 10.5. The molecule has 0 fully saturated rings. The molecule has 74 valence electrons. The van der Waals surface area contributed by atoms with Crippen molar-refractivity contribution in [3.05, 3.63) is 35.8 Å². The smallest absolute Gasteiger partial charge is 0.337 e. The van der Waals surface area contributed by atoms with Crippen molar-refractivity contribution in [3.8, 4) is 0 Å². The van der Waals surface area contributed by atoms with Crippen molar-refractivity contribution in [1.29, 1.82) is 0 Å². The molecular weight excluding hydrogens is 184 g/mol. The molecule has 0 aliphatic rings. The largest absolute Gasteiger partial charge is 0.478 e. The third-order valence-electron chi connectivity index (χ3n) is 1.61. The van der Waals surface area contributed by atoms with Crippen LogP contribution in [-0.4, -0.2) is 16.1 Å². The number of carbonyl (C=O) groups is 1. The monoisotopic (exact) mass is 194 g/mol. The van der Waals surface area contributed by atoms with Crippen LogP contribution in [0.5, 0.6) is 0 Å². The molecule has 0 atom stereocenters. The lowest BCUT2D eigenvalue weighted by Gasteiger charge is -2.04. The van der Waals surface area contributed by atoms with E-state index in [2.05, 4.69) is 10.4 Å². The standard InChI is InChI=1S/C8H10N4O2/c9-3-7(12-10)6-2-1-5(4-11-6)8(13)14/h1-4,12H,9-10H2,(H,13,14). The molecule has 0 saturated carbocycles. The zero-order valence-corrected chi connectivity index (χ0v) is 7.27. The summed E-state index contributed by atoms with van der Waals surface area (Å²) < 4.78 is 0. The highest BCUT2D eigenvalue weighted by Gasteiger charge is 2.04. The van der Waals surface area contributed by atoms with E-state index < -0.39 is 5.97 Å². The molecule has 0 aromatic carbocycles. The summed E-state index contributed by atoms with van der Waals surface area (Å²) in [6.07, 6.45) is 2.49. The minimum atomic E-state index is -1.02. The molecule has 6 heteroatoms. The van der Waals surface area contributed by atoms with Crippen LogP contribution < -0.4 is 17.0 Å². The molecule has 0 aliphatic heterocycles. The first kappa shape index (κ1) is 10.0. The molecule has 0 spiro atoms. The van der Waals surface area contributed by atoms with Gasteiger partial charge in [0, 0.05) is 12.4 Å². The van der Waals surface area contributed by atoms with Gasteiger partial charge >= 0.3 is 5.97 Å². The summed E-state index contributed by atoms with van der Waals surface area (Å²) in [5.74, 6) is 4.13. The van der Waals surface area contributed by atoms with E-state index in [1.54, 1.807) is 0 Å². The van der Waals surface area contributed by atoms with E-state index >= 15 is 0 Å². The second kappa shape index (κ2) is 4.24. The lowest BCUT2D eigenvalue weighted by Crippen LogP contribution is -2.21. The highest BCUT2D eigenvalue weighted by molar-refractivity contribution is 5.87. The fourth-order valence-electron chi connectivity index (χ4n) is 0.887. The summed E-state index contributed by atoms with van der Waals surface area (Å²) in [7, 11) is 0. The van der Waals surface area contributed by atoms with Gasteiger partial charge in [0.1, 0.15) is 0 Å². The average Bonchev–Trinajstić information content (AvgIpc) is 2.20. The number of carboxylic acid groups (broad SMARTS) is 1. The molecule has 1 aromatic rings. The molecule has 0 aliphatic carbocycles. The summed E-state index contributed by atoms with van der Waals surface area (Å²) in [6.45, 7) is 0. The van der Waals surface area contributed by atoms with Crippen molar-refractivity contribution in [2.75, 3.05) is 0 Å². The number of hydrogen-bond donors (Lipinski definition) is 4. The Morgan fingerprint density at radius 1 is 1.57 bits per heavy atom. The van der Waals surface area contributed by atoms with Crippen molar-refractivity contribution < 1.29 is 9.90 Å². The highest BCUT2D eigenvalue weighted by Crippen LogP contribution is 2.06. The second-order valence-electron chi connectivity index (χ2n) is 2.46. The molecule has 0 saturated heterocycles. The average molecular weight is 194 g/mol. The molecule has 6 N–H and O–H groups in total. The number of nitrogens with zero attached hydrogens (tertiary/aromatic N) is 1. The van der Waals surface area contributed by atoms with Gasteiger partial charge in [-0.1, -0.05) is 0 Å². The van der Waals surface area contributed by atoms with Crippen molar-refractivity contribution in [3.63, 3.8) is 0 Å². The quantitative estimate of drug-likeness (QED) is 0.381. The number of carboxylic acids is 1. The predicted molar refractivity (Wildman–Crippen MR) is 50.7 cm³/mol. The van der Waals surface area contributed by atoms with E-state index in [-0.39, 0.29) is 5.56 Å². The van der Waals surface area contributed by atoms with Crippen LogP contribution in [0.25, 0.3) is 5.70 Å². The molecule has 1 heterocycles. The summed E-state index contributed by atoms with van der Waals surface area (Å²) in [4.78, 5) is 14.4. The first-order chi connectivity index (χ1) is 6.69. The highest BCUT2D eigenvalue weighted by atomic mass is 16.4. The van der Waals surface area contributed by atoms with Gasteiger partial charge in [-0.3, -0.25) is 10.8 Å². The summed E-state index contributed by atoms with van der Waals surface area (Å²) >= 11 is 0. The van der Waals surface area contributed by atoms with Gasteiger partial charge in [0.25, 0.3) is 0 Å². The number of nitrogens with two attached hydrogens (primary N) is 2. The van der Waals surface area contributed by atoms with Gasteiger partial charge in [-0.25, -0.2) is 4.79 Å². The van der Waals surface area contributed by atoms with E-state index in [1.807, 2.05) is 0 Å². The molecule has 6 nitrogen and oxygen atoms in total. The SMILES string of the molecule is NC=C(NN)c1ccc(C(=O)O)cn1. The molecule has 0 bridgehead atoms. The van der Waals surface area contributed by atoms with E-state index in [9.17, 15) is 4.79 Å². The zero-order valence-electron chi connectivity index (χ0n) is 7.27. The Labute approximate surface area is 80.2 Å². The van der Waals surface area contributed by atoms with Gasteiger partial charge in [-0.15, -0.1) is 0 Å². The summed E-state index contributed by atoms with van der Waals surface area (Å²) in [5.41, 5.74) is 8.63. The third-order valence-corrected chi connectivity index (χ3v) is 1.61. The van der Waals surface area contributed by atoms with Gasteiger partial charge in [-0.05, 0) is 12.1 Å². The number of pyridine rings is 1. The van der Waals surface area contributed by atoms with Gasteiger partial charge in [0.2, 0.25) is 0 Å². The third kappa shape index (κ3) is 1.99. The lowest BCUT2D eigenvalue weighted by atomic mass is 10.2. The topological polar surface area (TPSA) is 114 Å². The van der Waals surface area contributed by atoms with Crippen LogP contribution in [0.2, 0.25) is 0 Å². The number of aromatic nitrogens is 1. The number of nitrogens with one attached hydrogen (secondary N) is 1.